The molecule has 2 nitrogen and oxygen atoms in total. The molecule has 4 rings (SSSR count). The molecule has 0 aromatic carbocycles. The fourth-order valence-corrected chi connectivity index (χ4v) is 4.22. The molecule has 4 unspecified atom stereocenters. The molecule has 0 aliphatic heterocycles. The molecule has 2 fully saturated rings. The van der Waals surface area contributed by atoms with E-state index in [2.05, 4.69) is 17.1 Å². The molecule has 3 aliphatic carbocycles. The van der Waals surface area contributed by atoms with E-state index < -0.39 is 0 Å². The predicted molar refractivity (Wildman–Crippen MR) is 67.6 cm³/mol. The predicted octanol–water partition coefficient (Wildman–Crippen LogP) is 2.48. The van der Waals surface area contributed by atoms with Crippen LogP contribution in [0.3, 0.4) is 0 Å². The highest BCUT2D eigenvalue weighted by Gasteiger charge is 2.49. The lowest BCUT2D eigenvalue weighted by molar-refractivity contribution is 0.343. The zero-order chi connectivity index (χ0) is 11.4. The minimum atomic E-state index is 0.360. The molecule has 0 saturated heterocycles. The van der Waals surface area contributed by atoms with Crippen molar-refractivity contribution in [3.05, 3.63) is 29.6 Å². The van der Waals surface area contributed by atoms with E-state index in [9.17, 15) is 0 Å². The second kappa shape index (κ2) is 3.55. The average molecular weight is 228 g/mol. The Morgan fingerprint density at radius 3 is 2.88 bits per heavy atom. The Balaban J connectivity index is 1.55. The van der Waals surface area contributed by atoms with Crippen LogP contribution >= 0.6 is 0 Å². The lowest BCUT2D eigenvalue weighted by atomic mass is 9.84. The standard InChI is InChI=1S/C15H20N2/c16-14(12-7-10-6-11(10)8-12)13-4-3-9-2-1-5-17-15(9)13/h1-2,5,10-14H,3-4,6-8,16H2. The number of nitrogens with two attached hydrogens (primary N) is 1. The number of rotatable bonds is 2. The van der Waals surface area contributed by atoms with Crippen LogP contribution < -0.4 is 5.73 Å². The molecule has 1 heterocycles. The zero-order valence-corrected chi connectivity index (χ0v) is 10.2. The van der Waals surface area contributed by atoms with Crippen molar-refractivity contribution in [1.82, 2.24) is 4.98 Å². The van der Waals surface area contributed by atoms with Gasteiger partial charge in [-0.25, -0.2) is 0 Å². The summed E-state index contributed by atoms with van der Waals surface area (Å²) in [7, 11) is 0. The van der Waals surface area contributed by atoms with Gasteiger partial charge in [-0.05, 0) is 61.5 Å². The summed E-state index contributed by atoms with van der Waals surface area (Å²) in [6, 6.07) is 4.64. The summed E-state index contributed by atoms with van der Waals surface area (Å²) in [6.45, 7) is 0. The smallest absolute Gasteiger partial charge is 0.0482 e. The Hall–Kier alpha value is -0.890. The summed E-state index contributed by atoms with van der Waals surface area (Å²) < 4.78 is 0. The van der Waals surface area contributed by atoms with Crippen molar-refractivity contribution in [2.75, 3.05) is 0 Å². The molecule has 0 amide bonds. The number of hydrogen-bond donors (Lipinski definition) is 1. The zero-order valence-electron chi connectivity index (χ0n) is 10.2. The largest absolute Gasteiger partial charge is 0.327 e. The fourth-order valence-electron chi connectivity index (χ4n) is 4.22. The molecule has 2 heteroatoms. The number of fused-ring (bicyclic) bond motifs is 2. The summed E-state index contributed by atoms with van der Waals surface area (Å²) in [4.78, 5) is 4.58. The maximum absolute atomic E-state index is 6.54. The highest BCUT2D eigenvalue weighted by molar-refractivity contribution is 5.30. The van der Waals surface area contributed by atoms with Crippen molar-refractivity contribution in [3.63, 3.8) is 0 Å². The Morgan fingerprint density at radius 2 is 2.06 bits per heavy atom. The average Bonchev–Trinajstić information content (AvgIpc) is 2.80. The van der Waals surface area contributed by atoms with E-state index in [0.717, 1.165) is 17.8 Å². The molecule has 17 heavy (non-hydrogen) atoms. The molecule has 4 atom stereocenters. The molecule has 0 radical (unpaired) electrons. The van der Waals surface area contributed by atoms with Gasteiger partial charge >= 0.3 is 0 Å². The second-order valence-corrected chi connectivity index (χ2v) is 6.26. The monoisotopic (exact) mass is 228 g/mol. The van der Waals surface area contributed by atoms with Crippen LogP contribution in [0.25, 0.3) is 0 Å². The first-order valence-electron chi connectivity index (χ1n) is 7.02. The van der Waals surface area contributed by atoms with Gasteiger partial charge in [-0.3, -0.25) is 4.98 Å². The van der Waals surface area contributed by atoms with Gasteiger partial charge in [-0.2, -0.15) is 0 Å². The van der Waals surface area contributed by atoms with Gasteiger partial charge in [0, 0.05) is 23.9 Å². The van der Waals surface area contributed by atoms with Crippen molar-refractivity contribution in [2.45, 2.75) is 44.1 Å². The quantitative estimate of drug-likeness (QED) is 0.844. The van der Waals surface area contributed by atoms with E-state index in [1.807, 2.05) is 6.20 Å². The van der Waals surface area contributed by atoms with E-state index in [-0.39, 0.29) is 0 Å². The third-order valence-electron chi connectivity index (χ3n) is 5.29. The third kappa shape index (κ3) is 1.54. The summed E-state index contributed by atoms with van der Waals surface area (Å²) in [5.74, 6) is 3.39. The third-order valence-corrected chi connectivity index (χ3v) is 5.29. The Bertz CT molecular complexity index is 432. The first kappa shape index (κ1) is 10.1. The topological polar surface area (TPSA) is 38.9 Å². The van der Waals surface area contributed by atoms with E-state index in [4.69, 9.17) is 5.73 Å². The van der Waals surface area contributed by atoms with E-state index in [1.54, 1.807) is 0 Å². The summed E-state index contributed by atoms with van der Waals surface area (Å²) in [5.41, 5.74) is 9.29. The molecule has 1 aromatic rings. The van der Waals surface area contributed by atoms with E-state index >= 15 is 0 Å². The van der Waals surface area contributed by atoms with E-state index in [0.29, 0.717) is 12.0 Å². The van der Waals surface area contributed by atoms with Gasteiger partial charge in [0.25, 0.3) is 0 Å². The Kier molecular flexibility index (Phi) is 2.10. The molecule has 90 valence electrons. The van der Waals surface area contributed by atoms with Crippen LogP contribution in [0.4, 0.5) is 0 Å². The summed E-state index contributed by atoms with van der Waals surface area (Å²) in [6.07, 6.45) is 8.61. The fraction of sp³-hybridized carbons (Fsp3) is 0.667. The van der Waals surface area contributed by atoms with Gasteiger partial charge < -0.3 is 5.73 Å². The number of aromatic nitrogens is 1. The first-order valence-corrected chi connectivity index (χ1v) is 7.02. The minimum Gasteiger partial charge on any atom is -0.327 e. The van der Waals surface area contributed by atoms with Crippen molar-refractivity contribution >= 4 is 0 Å². The van der Waals surface area contributed by atoms with Gasteiger partial charge in [0.05, 0.1) is 0 Å². The number of aryl methyl sites for hydroxylation is 1. The van der Waals surface area contributed by atoms with Gasteiger partial charge in [-0.1, -0.05) is 6.07 Å². The van der Waals surface area contributed by atoms with Gasteiger partial charge in [0.1, 0.15) is 0 Å². The minimum absolute atomic E-state index is 0.360. The molecule has 2 saturated carbocycles. The number of pyridine rings is 1. The summed E-state index contributed by atoms with van der Waals surface area (Å²) >= 11 is 0. The SMILES string of the molecule is NC(C1CC2CC2C1)C1CCc2cccnc21. The second-order valence-electron chi connectivity index (χ2n) is 6.26. The Morgan fingerprint density at radius 1 is 1.24 bits per heavy atom. The summed E-state index contributed by atoms with van der Waals surface area (Å²) in [5, 5.41) is 0. The van der Waals surface area contributed by atoms with Crippen LogP contribution in [0.1, 0.15) is 42.9 Å². The molecule has 3 aliphatic rings. The molecular weight excluding hydrogens is 208 g/mol. The van der Waals surface area contributed by atoms with Crippen molar-refractivity contribution in [1.29, 1.82) is 0 Å². The molecule has 0 spiro atoms. The highest BCUT2D eigenvalue weighted by atomic mass is 14.8. The maximum Gasteiger partial charge on any atom is 0.0482 e. The first-order chi connectivity index (χ1) is 8.33. The van der Waals surface area contributed by atoms with Gasteiger partial charge in [-0.15, -0.1) is 0 Å². The van der Waals surface area contributed by atoms with E-state index in [1.165, 1.54) is 43.4 Å². The van der Waals surface area contributed by atoms with Crippen LogP contribution in [-0.2, 0) is 6.42 Å². The lowest BCUT2D eigenvalue weighted by Gasteiger charge is -2.26. The molecule has 0 bridgehead atoms. The highest BCUT2D eigenvalue weighted by Crippen LogP contribution is 2.56. The normalized spacial score (nSPS) is 39.8. The number of hydrogen-bond acceptors (Lipinski definition) is 2. The van der Waals surface area contributed by atoms with Crippen LogP contribution in [0.15, 0.2) is 18.3 Å². The van der Waals surface area contributed by atoms with Crippen molar-refractivity contribution in [3.8, 4) is 0 Å². The van der Waals surface area contributed by atoms with Crippen LogP contribution in [0.2, 0.25) is 0 Å². The number of nitrogens with zero attached hydrogens (tertiary/aromatic N) is 1. The van der Waals surface area contributed by atoms with Crippen LogP contribution in [-0.4, -0.2) is 11.0 Å². The van der Waals surface area contributed by atoms with Crippen LogP contribution in [0, 0.1) is 17.8 Å². The molecule has 1 aromatic heterocycles. The Labute approximate surface area is 103 Å². The van der Waals surface area contributed by atoms with Crippen molar-refractivity contribution < 1.29 is 0 Å². The lowest BCUT2D eigenvalue weighted by Crippen LogP contribution is -2.35. The van der Waals surface area contributed by atoms with Crippen molar-refractivity contribution in [2.24, 2.45) is 23.5 Å². The maximum atomic E-state index is 6.54. The van der Waals surface area contributed by atoms with Gasteiger partial charge in [0.15, 0.2) is 0 Å². The molecular formula is C15H20N2. The van der Waals surface area contributed by atoms with Crippen LogP contribution in [0.5, 0.6) is 0 Å². The van der Waals surface area contributed by atoms with Gasteiger partial charge in [0.2, 0.25) is 0 Å². The molecule has 2 N–H and O–H groups in total.